The van der Waals surface area contributed by atoms with E-state index in [-0.39, 0.29) is 18.2 Å². The standard InChI is InChI=1S/C25H26F3N3O4/c1-4-14-31-15(3)20(23(33)35-5-2)21(30-24(31)34)16-8-12-19(13-9-16)29-22(32)17-6-10-18(11-7-17)25(26,27)28/h6-13,21H,4-5,14H2,1-3H3,(H,29,32)(H,30,34). The zero-order chi connectivity index (χ0) is 25.8. The lowest BCUT2D eigenvalue weighted by molar-refractivity contribution is -0.139. The number of rotatable bonds is 7. The number of halogens is 3. The fraction of sp³-hybridized carbons (Fsp3) is 0.320. The van der Waals surface area contributed by atoms with E-state index in [0.29, 0.717) is 35.5 Å². The lowest BCUT2D eigenvalue weighted by Gasteiger charge is -2.35. The van der Waals surface area contributed by atoms with Gasteiger partial charge in [0.1, 0.15) is 0 Å². The van der Waals surface area contributed by atoms with Crippen LogP contribution < -0.4 is 10.6 Å². The molecule has 0 bridgehead atoms. The number of esters is 1. The molecule has 1 aliphatic heterocycles. The maximum atomic E-state index is 12.7. The Labute approximate surface area is 200 Å². The number of nitrogens with one attached hydrogen (secondary N) is 2. The Bertz CT molecular complexity index is 1130. The Morgan fingerprint density at radius 3 is 2.23 bits per heavy atom. The molecule has 10 heteroatoms. The molecule has 0 saturated carbocycles. The Morgan fingerprint density at radius 1 is 1.06 bits per heavy atom. The molecule has 0 aliphatic carbocycles. The number of alkyl halides is 3. The van der Waals surface area contributed by atoms with Gasteiger partial charge >= 0.3 is 18.2 Å². The molecule has 3 rings (SSSR count). The predicted octanol–water partition coefficient (Wildman–Crippen LogP) is 5.27. The molecule has 2 aromatic rings. The molecule has 1 unspecified atom stereocenters. The molecule has 0 fully saturated rings. The maximum Gasteiger partial charge on any atom is 0.416 e. The highest BCUT2D eigenvalue weighted by Gasteiger charge is 2.36. The van der Waals surface area contributed by atoms with E-state index < -0.39 is 29.7 Å². The molecular formula is C25H26F3N3O4. The first-order chi connectivity index (χ1) is 16.6. The number of carbonyl (C=O) groups is 3. The largest absolute Gasteiger partial charge is 0.463 e. The maximum absolute atomic E-state index is 12.7. The minimum atomic E-state index is -4.48. The molecule has 7 nitrogen and oxygen atoms in total. The summed E-state index contributed by atoms with van der Waals surface area (Å²) in [4.78, 5) is 39.3. The summed E-state index contributed by atoms with van der Waals surface area (Å²) < 4.78 is 43.4. The van der Waals surface area contributed by atoms with Gasteiger partial charge in [-0.3, -0.25) is 9.69 Å². The third-order valence-electron chi connectivity index (χ3n) is 5.52. The van der Waals surface area contributed by atoms with Crippen molar-refractivity contribution < 1.29 is 32.3 Å². The van der Waals surface area contributed by atoms with Crippen molar-refractivity contribution in [3.8, 4) is 0 Å². The second-order valence-corrected chi connectivity index (χ2v) is 7.90. The molecule has 1 aliphatic rings. The van der Waals surface area contributed by atoms with E-state index in [2.05, 4.69) is 10.6 Å². The number of ether oxygens (including phenoxy) is 1. The molecule has 0 saturated heterocycles. The van der Waals surface area contributed by atoms with Crippen molar-refractivity contribution in [2.24, 2.45) is 0 Å². The van der Waals surface area contributed by atoms with Crippen LogP contribution in [0, 0.1) is 0 Å². The van der Waals surface area contributed by atoms with Crippen LogP contribution in [0.1, 0.15) is 54.7 Å². The summed E-state index contributed by atoms with van der Waals surface area (Å²) in [6, 6.07) is 9.28. The first-order valence-corrected chi connectivity index (χ1v) is 11.1. The molecular weight excluding hydrogens is 463 g/mol. The van der Waals surface area contributed by atoms with Crippen molar-refractivity contribution in [3.63, 3.8) is 0 Å². The second kappa shape index (κ2) is 10.6. The number of allylic oxidation sites excluding steroid dienone is 1. The Balaban J connectivity index is 1.81. The van der Waals surface area contributed by atoms with Crippen LogP contribution in [0.5, 0.6) is 0 Å². The van der Waals surface area contributed by atoms with Crippen LogP contribution in [-0.2, 0) is 15.7 Å². The van der Waals surface area contributed by atoms with Crippen LogP contribution in [0.25, 0.3) is 0 Å². The summed E-state index contributed by atoms with van der Waals surface area (Å²) in [6.07, 6.45) is -3.78. The highest BCUT2D eigenvalue weighted by molar-refractivity contribution is 6.04. The van der Waals surface area contributed by atoms with Crippen LogP contribution >= 0.6 is 0 Å². The predicted molar refractivity (Wildman–Crippen MR) is 123 cm³/mol. The van der Waals surface area contributed by atoms with Gasteiger partial charge in [0, 0.05) is 23.5 Å². The van der Waals surface area contributed by atoms with Crippen molar-refractivity contribution in [3.05, 3.63) is 76.5 Å². The van der Waals surface area contributed by atoms with E-state index in [1.165, 1.54) is 4.90 Å². The van der Waals surface area contributed by atoms with E-state index in [9.17, 15) is 27.6 Å². The lowest BCUT2D eigenvalue weighted by Crippen LogP contribution is -2.48. The summed E-state index contributed by atoms with van der Waals surface area (Å²) in [6.45, 7) is 5.95. The zero-order valence-corrected chi connectivity index (χ0v) is 19.5. The molecule has 2 N–H and O–H groups in total. The van der Waals surface area contributed by atoms with Gasteiger partial charge in [-0.2, -0.15) is 13.2 Å². The van der Waals surface area contributed by atoms with Gasteiger partial charge < -0.3 is 15.4 Å². The van der Waals surface area contributed by atoms with Crippen molar-refractivity contribution in [1.29, 1.82) is 0 Å². The number of hydrogen-bond donors (Lipinski definition) is 2. The molecule has 0 radical (unpaired) electrons. The van der Waals surface area contributed by atoms with Crippen LogP contribution in [0.4, 0.5) is 23.7 Å². The number of carbonyl (C=O) groups excluding carboxylic acids is 3. The first-order valence-electron chi connectivity index (χ1n) is 11.1. The highest BCUT2D eigenvalue weighted by Crippen LogP contribution is 2.32. The van der Waals surface area contributed by atoms with Gasteiger partial charge in [0.2, 0.25) is 0 Å². The summed E-state index contributed by atoms with van der Waals surface area (Å²) in [5.74, 6) is -1.11. The summed E-state index contributed by atoms with van der Waals surface area (Å²) in [7, 11) is 0. The summed E-state index contributed by atoms with van der Waals surface area (Å²) >= 11 is 0. The first kappa shape index (κ1) is 25.8. The number of hydrogen-bond acceptors (Lipinski definition) is 4. The Hall–Kier alpha value is -3.82. The number of amides is 3. The molecule has 1 atom stereocenters. The SMILES string of the molecule is CCCN1C(=O)NC(c2ccc(NC(=O)c3ccc(C(F)(F)F)cc3)cc2)C(C(=O)OCC)=C1C. The van der Waals surface area contributed by atoms with E-state index in [1.807, 2.05) is 6.92 Å². The van der Waals surface area contributed by atoms with Crippen LogP contribution in [0.15, 0.2) is 59.8 Å². The van der Waals surface area contributed by atoms with E-state index in [1.54, 1.807) is 38.1 Å². The van der Waals surface area contributed by atoms with Crippen LogP contribution in [0.3, 0.4) is 0 Å². The van der Waals surface area contributed by atoms with Gasteiger partial charge in [-0.1, -0.05) is 19.1 Å². The second-order valence-electron chi connectivity index (χ2n) is 7.90. The van der Waals surface area contributed by atoms with Crippen molar-refractivity contribution in [1.82, 2.24) is 10.2 Å². The number of benzene rings is 2. The van der Waals surface area contributed by atoms with E-state index in [4.69, 9.17) is 4.74 Å². The minimum Gasteiger partial charge on any atom is -0.463 e. The molecule has 1 heterocycles. The zero-order valence-electron chi connectivity index (χ0n) is 19.5. The molecule has 2 aromatic carbocycles. The molecule has 0 aromatic heterocycles. The normalized spacial score (nSPS) is 16.1. The fourth-order valence-electron chi connectivity index (χ4n) is 3.77. The van der Waals surface area contributed by atoms with E-state index in [0.717, 1.165) is 24.3 Å². The average Bonchev–Trinajstić information content (AvgIpc) is 2.81. The van der Waals surface area contributed by atoms with Crippen molar-refractivity contribution in [2.75, 3.05) is 18.5 Å². The summed E-state index contributed by atoms with van der Waals surface area (Å²) in [5.41, 5.74) is 1.06. The molecule has 186 valence electrons. The monoisotopic (exact) mass is 489 g/mol. The summed E-state index contributed by atoms with van der Waals surface area (Å²) in [5, 5.41) is 5.46. The van der Waals surface area contributed by atoms with Crippen LogP contribution in [-0.4, -0.2) is 36.0 Å². The third-order valence-corrected chi connectivity index (χ3v) is 5.52. The Kier molecular flexibility index (Phi) is 7.83. The van der Waals surface area contributed by atoms with Gasteiger partial charge in [0.15, 0.2) is 0 Å². The fourth-order valence-corrected chi connectivity index (χ4v) is 3.77. The van der Waals surface area contributed by atoms with Gasteiger partial charge in [-0.25, -0.2) is 9.59 Å². The Morgan fingerprint density at radius 2 is 1.69 bits per heavy atom. The van der Waals surface area contributed by atoms with Crippen molar-refractivity contribution >= 4 is 23.6 Å². The van der Waals surface area contributed by atoms with Crippen molar-refractivity contribution in [2.45, 2.75) is 39.4 Å². The quantitative estimate of drug-likeness (QED) is 0.519. The van der Waals surface area contributed by atoms with Crippen LogP contribution in [0.2, 0.25) is 0 Å². The van der Waals surface area contributed by atoms with Gasteiger partial charge in [0.25, 0.3) is 5.91 Å². The molecule has 35 heavy (non-hydrogen) atoms. The number of anilines is 1. The number of urea groups is 1. The smallest absolute Gasteiger partial charge is 0.416 e. The lowest BCUT2D eigenvalue weighted by atomic mass is 9.94. The average molecular weight is 489 g/mol. The van der Waals surface area contributed by atoms with E-state index >= 15 is 0 Å². The number of nitrogens with zero attached hydrogens (tertiary/aromatic N) is 1. The van der Waals surface area contributed by atoms with Gasteiger partial charge in [-0.15, -0.1) is 0 Å². The third kappa shape index (κ3) is 5.82. The van der Waals surface area contributed by atoms with Gasteiger partial charge in [0.05, 0.1) is 23.8 Å². The molecule has 3 amide bonds. The minimum absolute atomic E-state index is 0.0702. The topological polar surface area (TPSA) is 87.7 Å². The van der Waals surface area contributed by atoms with Gasteiger partial charge in [-0.05, 0) is 62.2 Å². The highest BCUT2D eigenvalue weighted by atomic mass is 19.4. The molecule has 0 spiro atoms.